The van der Waals surface area contributed by atoms with Crippen molar-refractivity contribution in [1.82, 2.24) is 0 Å². The molecule has 0 fully saturated rings. The van der Waals surface area contributed by atoms with Gasteiger partial charge in [-0.1, -0.05) is 17.7 Å². The van der Waals surface area contributed by atoms with E-state index in [-0.39, 0.29) is 0 Å². The smallest absolute Gasteiger partial charge is 0.339 e. The van der Waals surface area contributed by atoms with E-state index in [9.17, 15) is 4.79 Å². The van der Waals surface area contributed by atoms with Crippen LogP contribution < -0.4 is 5.84 Å². The Morgan fingerprint density at radius 3 is 2.86 bits per heavy atom. The van der Waals surface area contributed by atoms with Gasteiger partial charge < -0.3 is 10.6 Å². The Bertz CT molecular complexity index is 377. The Balaban J connectivity index is 3.07. The van der Waals surface area contributed by atoms with Gasteiger partial charge >= 0.3 is 5.97 Å². The van der Waals surface area contributed by atoms with Crippen LogP contribution in [0.3, 0.4) is 0 Å². The van der Waals surface area contributed by atoms with Gasteiger partial charge in [-0.25, -0.2) is 4.79 Å². The number of methoxy groups -OCH3 is 1. The summed E-state index contributed by atoms with van der Waals surface area (Å²) in [6, 6.07) is 4.82. The van der Waals surface area contributed by atoms with E-state index >= 15 is 0 Å². The zero-order chi connectivity index (χ0) is 10.6. The molecule has 2 N–H and O–H groups in total. The van der Waals surface area contributed by atoms with Crippen LogP contribution in [0.2, 0.25) is 5.02 Å². The van der Waals surface area contributed by atoms with E-state index in [0.717, 1.165) is 5.56 Å². The lowest BCUT2D eigenvalue weighted by Gasteiger charge is -2.02. The molecule has 0 aliphatic heterocycles. The molecule has 1 rings (SSSR count). The van der Waals surface area contributed by atoms with Crippen LogP contribution >= 0.6 is 11.6 Å². The van der Waals surface area contributed by atoms with Gasteiger partial charge in [0.25, 0.3) is 0 Å². The first-order valence-electron chi connectivity index (χ1n) is 3.80. The average Bonchev–Trinajstić information content (AvgIpc) is 2.17. The molecule has 0 unspecified atom stereocenters. The SMILES string of the molecule is COC(=O)c1ccc(C=NN)cc1Cl. The minimum absolute atomic E-state index is 0.314. The monoisotopic (exact) mass is 212 g/mol. The normalized spacial score (nSPS) is 10.4. The van der Waals surface area contributed by atoms with E-state index in [1.165, 1.54) is 13.3 Å². The average molecular weight is 213 g/mol. The van der Waals surface area contributed by atoms with E-state index in [4.69, 9.17) is 17.4 Å². The molecule has 0 atom stereocenters. The topological polar surface area (TPSA) is 64.7 Å². The zero-order valence-electron chi connectivity index (χ0n) is 7.53. The highest BCUT2D eigenvalue weighted by Crippen LogP contribution is 2.17. The Morgan fingerprint density at radius 2 is 2.36 bits per heavy atom. The number of nitrogens with zero attached hydrogens (tertiary/aromatic N) is 1. The maximum Gasteiger partial charge on any atom is 0.339 e. The first-order valence-corrected chi connectivity index (χ1v) is 4.18. The van der Waals surface area contributed by atoms with Crippen molar-refractivity contribution < 1.29 is 9.53 Å². The molecule has 1 aromatic rings. The molecule has 0 heterocycles. The molecule has 0 saturated carbocycles. The van der Waals surface area contributed by atoms with Crippen LogP contribution in [0.15, 0.2) is 23.3 Å². The van der Waals surface area contributed by atoms with Gasteiger partial charge in [0.1, 0.15) is 0 Å². The van der Waals surface area contributed by atoms with Crippen molar-refractivity contribution in [2.45, 2.75) is 0 Å². The van der Waals surface area contributed by atoms with Gasteiger partial charge in [-0.3, -0.25) is 0 Å². The van der Waals surface area contributed by atoms with Gasteiger partial charge in [0.2, 0.25) is 0 Å². The fourth-order valence-corrected chi connectivity index (χ4v) is 1.24. The van der Waals surface area contributed by atoms with E-state index in [0.29, 0.717) is 10.6 Å². The molecule has 0 aromatic heterocycles. The standard InChI is InChI=1S/C9H9ClN2O2/c1-14-9(13)7-3-2-6(5-12-11)4-8(7)10/h2-5H,11H2,1H3. The van der Waals surface area contributed by atoms with Crippen LogP contribution in [-0.2, 0) is 4.74 Å². The van der Waals surface area contributed by atoms with E-state index in [1.807, 2.05) is 0 Å². The van der Waals surface area contributed by atoms with Gasteiger partial charge in [0.15, 0.2) is 0 Å². The largest absolute Gasteiger partial charge is 0.465 e. The summed E-state index contributed by atoms with van der Waals surface area (Å²) in [5, 5.41) is 3.66. The van der Waals surface area contributed by atoms with Crippen molar-refractivity contribution in [3.05, 3.63) is 34.3 Å². The fourth-order valence-electron chi connectivity index (χ4n) is 0.973. The second-order valence-electron chi connectivity index (χ2n) is 2.51. The summed E-state index contributed by atoms with van der Waals surface area (Å²) >= 11 is 5.84. The number of benzene rings is 1. The molecule has 0 aliphatic carbocycles. The number of esters is 1. The molecule has 4 nitrogen and oxygen atoms in total. The number of halogens is 1. The van der Waals surface area contributed by atoms with Gasteiger partial charge in [-0.2, -0.15) is 5.10 Å². The molecule has 74 valence electrons. The number of hydrogen-bond donors (Lipinski definition) is 1. The molecule has 0 spiro atoms. The Kier molecular flexibility index (Phi) is 3.48. The second-order valence-corrected chi connectivity index (χ2v) is 2.92. The second kappa shape index (κ2) is 4.62. The first-order chi connectivity index (χ1) is 6.69. The highest BCUT2D eigenvalue weighted by atomic mass is 35.5. The Hall–Kier alpha value is -1.55. The van der Waals surface area contributed by atoms with Gasteiger partial charge in [0, 0.05) is 0 Å². The van der Waals surface area contributed by atoms with Crippen LogP contribution in [0, 0.1) is 0 Å². The lowest BCUT2D eigenvalue weighted by atomic mass is 10.1. The molecule has 0 aliphatic rings. The lowest BCUT2D eigenvalue weighted by Crippen LogP contribution is -2.02. The summed E-state index contributed by atoms with van der Waals surface area (Å²) in [4.78, 5) is 11.1. The first kappa shape index (κ1) is 10.5. The quantitative estimate of drug-likeness (QED) is 0.349. The molecule has 14 heavy (non-hydrogen) atoms. The third kappa shape index (κ3) is 2.23. The number of hydrogen-bond acceptors (Lipinski definition) is 4. The van der Waals surface area contributed by atoms with Crippen LogP contribution in [0.5, 0.6) is 0 Å². The summed E-state index contributed by atoms with van der Waals surface area (Å²) in [7, 11) is 1.30. The third-order valence-corrected chi connectivity index (χ3v) is 1.93. The van der Waals surface area contributed by atoms with Crippen LogP contribution in [0.1, 0.15) is 15.9 Å². The number of carbonyl (C=O) groups is 1. The van der Waals surface area contributed by atoms with E-state index in [2.05, 4.69) is 9.84 Å². The zero-order valence-corrected chi connectivity index (χ0v) is 8.28. The summed E-state index contributed by atoms with van der Waals surface area (Å²) in [6.07, 6.45) is 1.44. The predicted octanol–water partition coefficient (Wildman–Crippen LogP) is 1.42. The third-order valence-electron chi connectivity index (χ3n) is 1.62. The van der Waals surface area contributed by atoms with Crippen molar-refractivity contribution in [3.8, 4) is 0 Å². The van der Waals surface area contributed by atoms with Crippen molar-refractivity contribution in [2.24, 2.45) is 10.9 Å². The predicted molar refractivity (Wildman–Crippen MR) is 54.6 cm³/mol. The molecular formula is C9H9ClN2O2. The highest BCUT2D eigenvalue weighted by molar-refractivity contribution is 6.33. The van der Waals surface area contributed by atoms with Crippen molar-refractivity contribution in [3.63, 3.8) is 0 Å². The molecule has 1 aromatic carbocycles. The minimum Gasteiger partial charge on any atom is -0.465 e. The maximum absolute atomic E-state index is 11.1. The maximum atomic E-state index is 11.1. The molecule has 0 bridgehead atoms. The van der Waals surface area contributed by atoms with Gasteiger partial charge in [-0.15, -0.1) is 0 Å². The molecular weight excluding hydrogens is 204 g/mol. The summed E-state index contributed by atoms with van der Waals surface area (Å²) in [6.45, 7) is 0. The number of hydrazone groups is 1. The summed E-state index contributed by atoms with van der Waals surface area (Å²) < 4.78 is 4.54. The molecule has 0 amide bonds. The Morgan fingerprint density at radius 1 is 1.64 bits per heavy atom. The molecule has 5 heteroatoms. The van der Waals surface area contributed by atoms with Gasteiger partial charge in [0.05, 0.1) is 23.9 Å². The fraction of sp³-hybridized carbons (Fsp3) is 0.111. The van der Waals surface area contributed by atoms with Crippen molar-refractivity contribution in [2.75, 3.05) is 7.11 Å². The van der Waals surface area contributed by atoms with Crippen LogP contribution in [-0.4, -0.2) is 19.3 Å². The van der Waals surface area contributed by atoms with Crippen LogP contribution in [0.25, 0.3) is 0 Å². The van der Waals surface area contributed by atoms with E-state index < -0.39 is 5.97 Å². The number of carbonyl (C=O) groups excluding carboxylic acids is 1. The van der Waals surface area contributed by atoms with Crippen LogP contribution in [0.4, 0.5) is 0 Å². The number of rotatable bonds is 2. The van der Waals surface area contributed by atoms with E-state index in [1.54, 1.807) is 18.2 Å². The van der Waals surface area contributed by atoms with Crippen molar-refractivity contribution >= 4 is 23.8 Å². The minimum atomic E-state index is -0.466. The van der Waals surface area contributed by atoms with Gasteiger partial charge in [-0.05, 0) is 17.7 Å². The Labute approximate surface area is 86.3 Å². The summed E-state index contributed by atoms with van der Waals surface area (Å²) in [5.74, 6) is 4.50. The number of ether oxygens (including phenoxy) is 1. The molecule has 0 saturated heterocycles. The number of nitrogens with two attached hydrogens (primary N) is 1. The van der Waals surface area contributed by atoms with Crippen molar-refractivity contribution in [1.29, 1.82) is 0 Å². The molecule has 0 radical (unpaired) electrons. The highest BCUT2D eigenvalue weighted by Gasteiger charge is 2.09. The summed E-state index contributed by atoms with van der Waals surface area (Å²) in [5.41, 5.74) is 1.05. The lowest BCUT2D eigenvalue weighted by molar-refractivity contribution is 0.0601.